The van der Waals surface area contributed by atoms with Crippen LogP contribution in [0.5, 0.6) is 34.5 Å². The van der Waals surface area contributed by atoms with Gasteiger partial charge in [0.05, 0.1) is 32.6 Å². The van der Waals surface area contributed by atoms with E-state index in [1.807, 2.05) is 78.9 Å². The van der Waals surface area contributed by atoms with Crippen LogP contribution < -0.4 is 33.8 Å². The molecule has 0 spiro atoms. The van der Waals surface area contributed by atoms with E-state index in [-0.39, 0.29) is 6.61 Å². The smallest absolute Gasteiger partial charge is 0.271 e. The van der Waals surface area contributed by atoms with E-state index < -0.39 is 5.91 Å². The Kier molecular flexibility index (Phi) is 11.8. The lowest BCUT2D eigenvalue weighted by atomic mass is 10.2. The maximum absolute atomic E-state index is 12.8. The normalized spacial score (nSPS) is 10.8. The summed E-state index contributed by atoms with van der Waals surface area (Å²) in [5.74, 6) is 2.51. The minimum absolute atomic E-state index is 0.203. The second-order valence-corrected chi connectivity index (χ2v) is 10.8. The van der Waals surface area contributed by atoms with Crippen molar-refractivity contribution in [2.75, 3.05) is 21.3 Å². The van der Waals surface area contributed by atoms with Crippen LogP contribution in [0.3, 0.4) is 0 Å². The van der Waals surface area contributed by atoms with Gasteiger partial charge in [0.2, 0.25) is 0 Å². The monoisotopic (exact) mass is 666 g/mol. The van der Waals surface area contributed by atoms with Crippen molar-refractivity contribution >= 4 is 23.7 Å². The van der Waals surface area contributed by atoms with E-state index in [2.05, 4.69) is 10.5 Å². The number of hydrogen-bond donors (Lipinski definition) is 1. The summed E-state index contributed by atoms with van der Waals surface area (Å²) in [4.78, 5) is 12.8. The second-order valence-electron chi connectivity index (χ2n) is 10.4. The Balaban J connectivity index is 1.18. The van der Waals surface area contributed by atoms with Gasteiger partial charge in [-0.2, -0.15) is 5.10 Å². The summed E-state index contributed by atoms with van der Waals surface area (Å²) in [6.07, 6.45) is 1.46. The van der Waals surface area contributed by atoms with Crippen LogP contribution in [0.1, 0.15) is 32.6 Å². The van der Waals surface area contributed by atoms with Gasteiger partial charge in [0.25, 0.3) is 5.91 Å². The SMILES string of the molecule is COc1cc(COc2c(Cl)cc(/C=N/NC(=O)c3ccc(OCc4ccccc4)c(OC)c3)cc2OC)ccc1OCc1ccccc1. The number of halogens is 1. The van der Waals surface area contributed by atoms with Gasteiger partial charge in [-0.1, -0.05) is 78.3 Å². The van der Waals surface area contributed by atoms with E-state index in [4.69, 9.17) is 40.0 Å². The molecule has 0 aliphatic heterocycles. The first-order valence-electron chi connectivity index (χ1n) is 15.0. The number of nitrogens with one attached hydrogen (secondary N) is 1. The molecule has 0 unspecified atom stereocenters. The average Bonchev–Trinajstić information content (AvgIpc) is 3.13. The molecule has 0 aliphatic rings. The molecule has 0 fully saturated rings. The largest absolute Gasteiger partial charge is 0.493 e. The van der Waals surface area contributed by atoms with Crippen molar-refractivity contribution in [2.24, 2.45) is 5.10 Å². The molecule has 246 valence electrons. The summed E-state index contributed by atoms with van der Waals surface area (Å²) >= 11 is 6.59. The minimum Gasteiger partial charge on any atom is -0.493 e. The van der Waals surface area contributed by atoms with Crippen molar-refractivity contribution in [2.45, 2.75) is 19.8 Å². The van der Waals surface area contributed by atoms with Crippen LogP contribution in [-0.2, 0) is 19.8 Å². The molecule has 5 rings (SSSR count). The van der Waals surface area contributed by atoms with E-state index in [0.29, 0.717) is 63.9 Å². The summed E-state index contributed by atoms with van der Waals surface area (Å²) < 4.78 is 34.4. The number of methoxy groups -OCH3 is 3. The average molecular weight is 667 g/mol. The van der Waals surface area contributed by atoms with E-state index in [9.17, 15) is 4.79 Å². The van der Waals surface area contributed by atoms with Gasteiger partial charge in [0, 0.05) is 5.56 Å². The molecule has 10 heteroatoms. The molecule has 9 nitrogen and oxygen atoms in total. The van der Waals surface area contributed by atoms with Crippen LogP contribution in [0.2, 0.25) is 5.02 Å². The number of hydrazone groups is 1. The Morgan fingerprint density at radius 1 is 0.625 bits per heavy atom. The fourth-order valence-electron chi connectivity index (χ4n) is 4.66. The summed E-state index contributed by atoms with van der Waals surface area (Å²) in [5.41, 5.74) is 6.38. The highest BCUT2D eigenvalue weighted by atomic mass is 35.5. The quantitative estimate of drug-likeness (QED) is 0.0897. The maximum Gasteiger partial charge on any atom is 0.271 e. The molecular formula is C38H35ClN2O7. The lowest BCUT2D eigenvalue weighted by molar-refractivity contribution is 0.0954. The predicted molar refractivity (Wildman–Crippen MR) is 185 cm³/mol. The third-order valence-electron chi connectivity index (χ3n) is 7.14. The van der Waals surface area contributed by atoms with E-state index in [1.54, 1.807) is 37.4 Å². The highest BCUT2D eigenvalue weighted by Gasteiger charge is 2.15. The molecule has 0 aromatic heterocycles. The van der Waals surface area contributed by atoms with Crippen molar-refractivity contribution in [3.63, 3.8) is 0 Å². The lowest BCUT2D eigenvalue weighted by Crippen LogP contribution is -2.17. The molecule has 1 amide bonds. The number of amides is 1. The minimum atomic E-state index is -0.427. The number of rotatable bonds is 15. The first kappa shape index (κ1) is 33.7. The molecule has 0 aliphatic carbocycles. The van der Waals surface area contributed by atoms with Crippen LogP contribution in [-0.4, -0.2) is 33.5 Å². The van der Waals surface area contributed by atoms with Crippen molar-refractivity contribution < 1.29 is 33.2 Å². The van der Waals surface area contributed by atoms with E-state index in [1.165, 1.54) is 20.4 Å². The van der Waals surface area contributed by atoms with Gasteiger partial charge in [0.15, 0.2) is 34.5 Å². The molecule has 1 N–H and O–H groups in total. The Labute approximate surface area is 284 Å². The molecule has 0 saturated carbocycles. The summed E-state index contributed by atoms with van der Waals surface area (Å²) in [6.45, 7) is 0.996. The third-order valence-corrected chi connectivity index (χ3v) is 7.42. The van der Waals surface area contributed by atoms with Gasteiger partial charge in [0.1, 0.15) is 19.8 Å². The number of benzene rings is 5. The zero-order chi connectivity index (χ0) is 33.7. The second kappa shape index (κ2) is 16.8. The Bertz CT molecular complexity index is 1850. The number of carbonyl (C=O) groups excluding carboxylic acids is 1. The zero-order valence-corrected chi connectivity index (χ0v) is 27.5. The molecule has 0 saturated heterocycles. The summed E-state index contributed by atoms with van der Waals surface area (Å²) in [6, 6.07) is 33.6. The van der Waals surface area contributed by atoms with Crippen molar-refractivity contribution in [1.82, 2.24) is 5.43 Å². The van der Waals surface area contributed by atoms with Crippen molar-refractivity contribution in [1.29, 1.82) is 0 Å². The van der Waals surface area contributed by atoms with Crippen LogP contribution in [0.25, 0.3) is 0 Å². The third kappa shape index (κ3) is 8.98. The topological polar surface area (TPSA) is 96.8 Å². The molecular weight excluding hydrogens is 632 g/mol. The van der Waals surface area contributed by atoms with Crippen molar-refractivity contribution in [3.8, 4) is 34.5 Å². The van der Waals surface area contributed by atoms with Gasteiger partial charge < -0.3 is 28.4 Å². The first-order valence-corrected chi connectivity index (χ1v) is 15.4. The van der Waals surface area contributed by atoms with Crippen LogP contribution in [0, 0.1) is 0 Å². The molecule has 0 atom stereocenters. The number of carbonyl (C=O) groups is 1. The van der Waals surface area contributed by atoms with Gasteiger partial charge in [-0.15, -0.1) is 0 Å². The first-order chi connectivity index (χ1) is 23.5. The Morgan fingerprint density at radius 3 is 1.79 bits per heavy atom. The highest BCUT2D eigenvalue weighted by Crippen LogP contribution is 2.37. The van der Waals surface area contributed by atoms with E-state index in [0.717, 1.165) is 16.7 Å². The molecule has 5 aromatic carbocycles. The summed E-state index contributed by atoms with van der Waals surface area (Å²) in [5, 5.41) is 4.41. The lowest BCUT2D eigenvalue weighted by Gasteiger charge is -2.15. The zero-order valence-electron chi connectivity index (χ0n) is 26.8. The van der Waals surface area contributed by atoms with Gasteiger partial charge in [-0.25, -0.2) is 5.43 Å². The van der Waals surface area contributed by atoms with Crippen LogP contribution in [0.4, 0.5) is 0 Å². The van der Waals surface area contributed by atoms with Crippen LogP contribution >= 0.6 is 11.6 Å². The van der Waals surface area contributed by atoms with E-state index >= 15 is 0 Å². The fraction of sp³-hybridized carbons (Fsp3) is 0.158. The van der Waals surface area contributed by atoms with Gasteiger partial charge in [-0.05, 0) is 64.7 Å². The van der Waals surface area contributed by atoms with Crippen molar-refractivity contribution in [3.05, 3.63) is 142 Å². The number of nitrogens with zero attached hydrogens (tertiary/aromatic N) is 1. The fourth-order valence-corrected chi connectivity index (χ4v) is 4.93. The summed E-state index contributed by atoms with van der Waals surface area (Å²) in [7, 11) is 4.63. The molecule has 0 heterocycles. The highest BCUT2D eigenvalue weighted by molar-refractivity contribution is 6.32. The molecule has 0 radical (unpaired) electrons. The van der Waals surface area contributed by atoms with Gasteiger partial charge >= 0.3 is 0 Å². The molecule has 5 aromatic rings. The maximum atomic E-state index is 12.8. The number of hydrogen-bond acceptors (Lipinski definition) is 8. The Hall–Kier alpha value is -5.67. The Morgan fingerprint density at radius 2 is 1.19 bits per heavy atom. The standard InChI is InChI=1S/C38H35ClN2O7/c1-43-34-19-28(14-16-32(34)46-23-26-10-6-4-7-11-26)25-48-37-31(39)18-29(20-36(37)45-3)22-40-41-38(42)30-15-17-33(35(21-30)44-2)47-24-27-12-8-5-9-13-27/h4-22H,23-25H2,1-3H3,(H,41,42)/b40-22+. The predicted octanol–water partition coefficient (Wildman–Crippen LogP) is 7.87. The molecule has 48 heavy (non-hydrogen) atoms. The number of ether oxygens (including phenoxy) is 6. The molecule has 0 bridgehead atoms. The van der Waals surface area contributed by atoms with Crippen LogP contribution in [0.15, 0.2) is 114 Å². The van der Waals surface area contributed by atoms with Gasteiger partial charge in [-0.3, -0.25) is 4.79 Å².